The molecule has 0 amide bonds. The molecular weight excluding hydrogens is 465 g/mol. The first-order valence-electron chi connectivity index (χ1n) is 9.54. The van der Waals surface area contributed by atoms with Crippen LogP contribution in [0.25, 0.3) is 0 Å². The number of aryl methyl sites for hydroxylation is 1. The molecule has 5 nitrogen and oxygen atoms in total. The molecule has 0 aliphatic heterocycles. The number of anilines is 1. The van der Waals surface area contributed by atoms with Crippen LogP contribution in [0.1, 0.15) is 18.9 Å². The Labute approximate surface area is 191 Å². The second-order valence-corrected chi connectivity index (χ2v) is 9.29. The fourth-order valence-electron chi connectivity index (χ4n) is 2.87. The number of benzene rings is 2. The molecule has 0 aromatic heterocycles. The first kappa shape index (κ1) is 25.8. The van der Waals surface area contributed by atoms with Crippen molar-refractivity contribution >= 4 is 27.3 Å². The number of halogens is 4. The van der Waals surface area contributed by atoms with Crippen LogP contribution in [0.2, 0.25) is 5.02 Å². The summed E-state index contributed by atoms with van der Waals surface area (Å²) in [5.74, 6) is -0.610. The van der Waals surface area contributed by atoms with E-state index in [4.69, 9.17) is 11.6 Å². The van der Waals surface area contributed by atoms with Crippen LogP contribution < -0.4 is 14.4 Å². The molecule has 2 rings (SSSR count). The summed E-state index contributed by atoms with van der Waals surface area (Å²) >= 11 is 6.14. The summed E-state index contributed by atoms with van der Waals surface area (Å²) in [6.45, 7) is 12.2. The lowest BCUT2D eigenvalue weighted by Gasteiger charge is -2.29. The molecule has 0 radical (unpaired) electrons. The van der Waals surface area contributed by atoms with Gasteiger partial charge in [-0.2, -0.15) is 0 Å². The number of nitrogens with one attached hydrogen (secondary N) is 1. The molecule has 0 saturated carbocycles. The van der Waals surface area contributed by atoms with E-state index in [9.17, 15) is 21.6 Å². The lowest BCUT2D eigenvalue weighted by atomic mass is 10.1. The third-order valence-corrected chi connectivity index (χ3v) is 6.17. The van der Waals surface area contributed by atoms with E-state index >= 15 is 0 Å². The highest BCUT2D eigenvalue weighted by Crippen LogP contribution is 2.29. The van der Waals surface area contributed by atoms with E-state index in [1.165, 1.54) is 12.1 Å². The lowest BCUT2D eigenvalue weighted by Crippen LogP contribution is -2.30. The number of hydrogen-bond donors (Lipinski definition) is 1. The van der Waals surface area contributed by atoms with E-state index in [1.807, 2.05) is 24.8 Å². The highest BCUT2D eigenvalue weighted by Gasteiger charge is 2.31. The number of ether oxygens (including phenoxy) is 1. The van der Waals surface area contributed by atoms with Gasteiger partial charge in [0, 0.05) is 35.6 Å². The highest BCUT2D eigenvalue weighted by molar-refractivity contribution is 7.89. The number of hydrogen-bond acceptors (Lipinski definition) is 4. The van der Waals surface area contributed by atoms with E-state index in [-0.39, 0.29) is 11.4 Å². The fourth-order valence-corrected chi connectivity index (χ4v) is 4.15. The molecule has 2 aromatic carbocycles. The van der Waals surface area contributed by atoms with E-state index in [0.717, 1.165) is 29.0 Å². The molecule has 0 heterocycles. The van der Waals surface area contributed by atoms with Gasteiger partial charge in [-0.25, -0.2) is 13.1 Å². The molecule has 10 heteroatoms. The van der Waals surface area contributed by atoms with Crippen molar-refractivity contribution in [3.8, 4) is 5.75 Å². The van der Waals surface area contributed by atoms with Gasteiger partial charge in [0.1, 0.15) is 5.75 Å². The maximum atomic E-state index is 12.5. The SMILES string of the molecule is C=C(C)C(=C)N(CCCNS(=O)(=O)c1cccc(OC(F)(F)F)c1)c1cc(Cl)ccc1C. The quantitative estimate of drug-likeness (QED) is 0.338. The first-order valence-corrected chi connectivity index (χ1v) is 11.4. The van der Waals surface area contributed by atoms with E-state index in [0.29, 0.717) is 23.7 Å². The van der Waals surface area contributed by atoms with Crippen molar-refractivity contribution in [2.75, 3.05) is 18.0 Å². The van der Waals surface area contributed by atoms with Crippen molar-refractivity contribution in [2.24, 2.45) is 0 Å². The molecule has 0 bridgehead atoms. The Morgan fingerprint density at radius 3 is 2.50 bits per heavy atom. The zero-order valence-electron chi connectivity index (χ0n) is 17.7. The molecule has 0 atom stereocenters. The zero-order chi connectivity index (χ0) is 24.1. The molecule has 1 N–H and O–H groups in total. The zero-order valence-corrected chi connectivity index (χ0v) is 19.2. The molecule has 0 spiro atoms. The van der Waals surface area contributed by atoms with Crippen molar-refractivity contribution in [2.45, 2.75) is 31.5 Å². The summed E-state index contributed by atoms with van der Waals surface area (Å²) in [4.78, 5) is 1.57. The smallest absolute Gasteiger partial charge is 0.406 e. The van der Waals surface area contributed by atoms with Gasteiger partial charge in [-0.05, 0) is 55.7 Å². The standard InChI is InChI=1S/C22H24ClF3N2O3S/c1-15(2)17(4)28(21-13-18(23)10-9-16(21)3)12-6-11-27-32(29,30)20-8-5-7-19(14-20)31-22(24,25)26/h5,7-10,13-14,27H,1,4,6,11-12H2,2-3H3. The maximum Gasteiger partial charge on any atom is 0.573 e. The van der Waals surface area contributed by atoms with Gasteiger partial charge in [0.25, 0.3) is 0 Å². The number of allylic oxidation sites excluding steroid dienone is 1. The van der Waals surface area contributed by atoms with Crippen LogP contribution in [-0.4, -0.2) is 27.9 Å². The van der Waals surface area contributed by atoms with Gasteiger partial charge < -0.3 is 9.64 Å². The fraction of sp³-hybridized carbons (Fsp3) is 0.273. The van der Waals surface area contributed by atoms with Gasteiger partial charge in [0.15, 0.2) is 0 Å². The average Bonchev–Trinajstić information content (AvgIpc) is 2.68. The number of nitrogens with zero attached hydrogens (tertiary/aromatic N) is 1. The largest absolute Gasteiger partial charge is 0.573 e. The Kier molecular flexibility index (Phi) is 8.39. The molecule has 0 aliphatic carbocycles. The Hall–Kier alpha value is -2.49. The molecule has 0 unspecified atom stereocenters. The summed E-state index contributed by atoms with van der Waals surface area (Å²) < 4.78 is 68.4. The van der Waals surface area contributed by atoms with Gasteiger partial charge in [-0.1, -0.05) is 36.9 Å². The number of rotatable bonds is 10. The van der Waals surface area contributed by atoms with Crippen molar-refractivity contribution in [1.29, 1.82) is 0 Å². The first-order chi connectivity index (χ1) is 14.8. The van der Waals surface area contributed by atoms with Crippen LogP contribution >= 0.6 is 11.6 Å². The van der Waals surface area contributed by atoms with Crippen molar-refractivity contribution in [3.63, 3.8) is 0 Å². The summed E-state index contributed by atoms with van der Waals surface area (Å²) in [6.07, 6.45) is -4.53. The van der Waals surface area contributed by atoms with Crippen LogP contribution in [0.5, 0.6) is 5.75 Å². The molecule has 2 aromatic rings. The second-order valence-electron chi connectivity index (χ2n) is 7.08. The van der Waals surface area contributed by atoms with Gasteiger partial charge >= 0.3 is 6.36 Å². The number of alkyl halides is 3. The van der Waals surface area contributed by atoms with Crippen LogP contribution in [0.3, 0.4) is 0 Å². The third kappa shape index (κ3) is 7.29. The predicted molar refractivity (Wildman–Crippen MR) is 120 cm³/mol. The number of sulfonamides is 1. The monoisotopic (exact) mass is 488 g/mol. The molecule has 174 valence electrons. The average molecular weight is 489 g/mol. The Bertz CT molecular complexity index is 1100. The van der Waals surface area contributed by atoms with Crippen LogP contribution in [-0.2, 0) is 10.0 Å². The summed E-state index contributed by atoms with van der Waals surface area (Å²) in [7, 11) is -4.03. The van der Waals surface area contributed by atoms with Gasteiger partial charge in [0.05, 0.1) is 4.90 Å². The molecule has 32 heavy (non-hydrogen) atoms. The minimum Gasteiger partial charge on any atom is -0.406 e. The van der Waals surface area contributed by atoms with Crippen molar-refractivity contribution < 1.29 is 26.3 Å². The minimum absolute atomic E-state index is 0.0479. The molecule has 0 aliphatic rings. The summed E-state index contributed by atoms with van der Waals surface area (Å²) in [5, 5.41) is 0.548. The Morgan fingerprint density at radius 1 is 1.19 bits per heavy atom. The minimum atomic E-state index is -4.91. The molecule has 0 fully saturated rings. The van der Waals surface area contributed by atoms with Crippen LogP contribution in [0.15, 0.2) is 71.8 Å². The normalized spacial score (nSPS) is 11.8. The Balaban J connectivity index is 2.09. The molecular formula is C22H24ClF3N2O3S. The Morgan fingerprint density at radius 2 is 1.88 bits per heavy atom. The summed E-state index contributed by atoms with van der Waals surface area (Å²) in [5.41, 5.74) is 3.19. The van der Waals surface area contributed by atoms with Crippen molar-refractivity contribution in [1.82, 2.24) is 4.72 Å². The molecule has 0 saturated heterocycles. The van der Waals surface area contributed by atoms with Gasteiger partial charge in [-0.3, -0.25) is 0 Å². The topological polar surface area (TPSA) is 58.6 Å². The van der Waals surface area contributed by atoms with E-state index in [1.54, 1.807) is 12.1 Å². The third-order valence-electron chi connectivity index (χ3n) is 4.48. The van der Waals surface area contributed by atoms with Crippen molar-refractivity contribution in [3.05, 3.63) is 77.5 Å². The second kappa shape index (κ2) is 10.4. The maximum absolute atomic E-state index is 12.5. The van der Waals surface area contributed by atoms with E-state index < -0.39 is 22.1 Å². The van der Waals surface area contributed by atoms with Crippen LogP contribution in [0, 0.1) is 6.92 Å². The highest BCUT2D eigenvalue weighted by atomic mass is 35.5. The van der Waals surface area contributed by atoms with Gasteiger partial charge in [-0.15, -0.1) is 13.2 Å². The van der Waals surface area contributed by atoms with Crippen LogP contribution in [0.4, 0.5) is 18.9 Å². The summed E-state index contributed by atoms with van der Waals surface area (Å²) in [6, 6.07) is 9.65. The van der Waals surface area contributed by atoms with E-state index in [2.05, 4.69) is 22.6 Å². The lowest BCUT2D eigenvalue weighted by molar-refractivity contribution is -0.274. The predicted octanol–water partition coefficient (Wildman–Crippen LogP) is 5.81. The van der Waals surface area contributed by atoms with Gasteiger partial charge in [0.2, 0.25) is 10.0 Å².